The normalized spacial score (nSPS) is 15.8. The van der Waals surface area contributed by atoms with Crippen molar-refractivity contribution in [2.75, 3.05) is 20.3 Å². The monoisotopic (exact) mass is 457 g/mol. The fourth-order valence-electron chi connectivity index (χ4n) is 2.14. The van der Waals surface area contributed by atoms with Crippen LogP contribution in [0, 0.1) is 15.9 Å². The number of thioether (sulfide) groups is 1. The first kappa shape index (κ1) is 18.7. The van der Waals surface area contributed by atoms with Crippen molar-refractivity contribution in [1.82, 2.24) is 4.90 Å². The van der Waals surface area contributed by atoms with Crippen molar-refractivity contribution in [3.05, 3.63) is 26.2 Å². The van der Waals surface area contributed by atoms with Gasteiger partial charge < -0.3 is 9.47 Å². The Labute approximate surface area is 158 Å². The van der Waals surface area contributed by atoms with Crippen LogP contribution in [0.2, 0.25) is 0 Å². The molecule has 126 valence electrons. The van der Waals surface area contributed by atoms with E-state index in [-0.39, 0.29) is 17.8 Å². The van der Waals surface area contributed by atoms with E-state index in [1.54, 1.807) is 12.1 Å². The maximum atomic E-state index is 12.3. The smallest absolute Gasteiger partial charge is 0.293 e. The summed E-state index contributed by atoms with van der Waals surface area (Å²) in [4.78, 5) is 25.9. The molecule has 1 fully saturated rings. The molecule has 0 N–H and O–H groups in total. The van der Waals surface area contributed by atoms with Gasteiger partial charge in [0, 0.05) is 6.54 Å². The first-order chi connectivity index (χ1) is 11.5. The lowest BCUT2D eigenvalue weighted by Gasteiger charge is -2.12. The van der Waals surface area contributed by atoms with Gasteiger partial charge in [-0.1, -0.05) is 12.8 Å². The largest absolute Gasteiger partial charge is 0.493 e. The maximum absolute atomic E-state index is 12.3. The number of ether oxygens (including phenoxy) is 2. The molecule has 1 saturated heterocycles. The van der Waals surface area contributed by atoms with Gasteiger partial charge in [-0.05, 0) is 64.5 Å². The molecule has 0 aliphatic carbocycles. The fourth-order valence-corrected chi connectivity index (χ4v) is 3.79. The SMILES string of the molecule is C#CCOc1c(I)cc(/C=C2/SC(=O)N(CCC)C2=O)cc1OC. The highest BCUT2D eigenvalue weighted by Gasteiger charge is 2.34. The molecule has 0 aromatic heterocycles. The zero-order chi connectivity index (χ0) is 17.7. The summed E-state index contributed by atoms with van der Waals surface area (Å²) >= 11 is 3.07. The van der Waals surface area contributed by atoms with E-state index >= 15 is 0 Å². The average Bonchev–Trinajstić information content (AvgIpc) is 2.81. The Hall–Kier alpha value is -1.66. The van der Waals surface area contributed by atoms with E-state index in [1.807, 2.05) is 13.0 Å². The lowest BCUT2D eigenvalue weighted by atomic mass is 10.2. The third kappa shape index (κ3) is 4.05. The molecule has 0 unspecified atom stereocenters. The molecule has 2 rings (SSSR count). The summed E-state index contributed by atoms with van der Waals surface area (Å²) in [6.07, 6.45) is 7.64. The molecule has 1 aromatic carbocycles. The Morgan fingerprint density at radius 3 is 2.79 bits per heavy atom. The number of nitrogens with zero attached hydrogens (tertiary/aromatic N) is 1. The minimum atomic E-state index is -0.256. The van der Waals surface area contributed by atoms with Crippen LogP contribution in [0.4, 0.5) is 4.79 Å². The third-order valence-electron chi connectivity index (χ3n) is 3.17. The summed E-state index contributed by atoms with van der Waals surface area (Å²) in [7, 11) is 1.53. The van der Waals surface area contributed by atoms with Crippen molar-refractivity contribution in [2.24, 2.45) is 0 Å². The Kier molecular flexibility index (Phi) is 6.57. The third-order valence-corrected chi connectivity index (χ3v) is 4.88. The van der Waals surface area contributed by atoms with Gasteiger partial charge in [-0.25, -0.2) is 0 Å². The summed E-state index contributed by atoms with van der Waals surface area (Å²) in [6.45, 7) is 2.50. The Morgan fingerprint density at radius 2 is 2.17 bits per heavy atom. The van der Waals surface area contributed by atoms with Crippen molar-refractivity contribution in [2.45, 2.75) is 13.3 Å². The highest BCUT2D eigenvalue weighted by Crippen LogP contribution is 2.37. The maximum Gasteiger partial charge on any atom is 0.293 e. The zero-order valence-corrected chi connectivity index (χ0v) is 16.3. The molecule has 0 atom stereocenters. The van der Waals surface area contributed by atoms with Gasteiger partial charge in [0.15, 0.2) is 11.5 Å². The number of hydrogen-bond donors (Lipinski definition) is 0. The Bertz CT molecular complexity index is 739. The van der Waals surface area contributed by atoms with Crippen LogP contribution < -0.4 is 9.47 Å². The minimum Gasteiger partial charge on any atom is -0.493 e. The molecule has 5 nitrogen and oxygen atoms in total. The van der Waals surface area contributed by atoms with Crippen LogP contribution in [0.25, 0.3) is 6.08 Å². The van der Waals surface area contributed by atoms with Crippen LogP contribution in [0.5, 0.6) is 11.5 Å². The van der Waals surface area contributed by atoms with E-state index in [4.69, 9.17) is 15.9 Å². The summed E-state index contributed by atoms with van der Waals surface area (Å²) in [6, 6.07) is 3.60. The van der Waals surface area contributed by atoms with Crippen molar-refractivity contribution in [3.8, 4) is 23.8 Å². The van der Waals surface area contributed by atoms with Crippen molar-refractivity contribution in [1.29, 1.82) is 0 Å². The van der Waals surface area contributed by atoms with E-state index in [9.17, 15) is 9.59 Å². The van der Waals surface area contributed by atoms with Gasteiger partial charge >= 0.3 is 0 Å². The molecule has 0 saturated carbocycles. The van der Waals surface area contributed by atoms with Crippen LogP contribution >= 0.6 is 34.4 Å². The molecule has 7 heteroatoms. The van der Waals surface area contributed by atoms with Crippen LogP contribution in [0.15, 0.2) is 17.0 Å². The number of imide groups is 1. The molecule has 1 aromatic rings. The lowest BCUT2D eigenvalue weighted by molar-refractivity contribution is -0.122. The molecular weight excluding hydrogens is 441 g/mol. The molecule has 24 heavy (non-hydrogen) atoms. The number of rotatable bonds is 6. The fraction of sp³-hybridized carbons (Fsp3) is 0.294. The molecule has 1 aliphatic rings. The topological polar surface area (TPSA) is 55.8 Å². The van der Waals surface area contributed by atoms with Gasteiger partial charge in [0.05, 0.1) is 15.6 Å². The van der Waals surface area contributed by atoms with Crippen LogP contribution in [0.1, 0.15) is 18.9 Å². The first-order valence-electron chi connectivity index (χ1n) is 7.21. The number of carbonyl (C=O) groups excluding carboxylic acids is 2. The van der Waals surface area contributed by atoms with E-state index in [0.717, 1.165) is 27.3 Å². The van der Waals surface area contributed by atoms with Gasteiger partial charge in [-0.2, -0.15) is 0 Å². The van der Waals surface area contributed by atoms with Crippen molar-refractivity contribution < 1.29 is 19.1 Å². The number of terminal acetylenes is 1. The van der Waals surface area contributed by atoms with Gasteiger partial charge in [-0.15, -0.1) is 6.42 Å². The predicted molar refractivity (Wildman–Crippen MR) is 103 cm³/mol. The summed E-state index contributed by atoms with van der Waals surface area (Å²) in [5, 5.41) is -0.233. The highest BCUT2D eigenvalue weighted by molar-refractivity contribution is 14.1. The second kappa shape index (κ2) is 8.44. The second-order valence-electron chi connectivity index (χ2n) is 4.86. The minimum absolute atomic E-state index is 0.140. The quantitative estimate of drug-likeness (QED) is 0.370. The van der Waals surface area contributed by atoms with E-state index in [1.165, 1.54) is 12.0 Å². The molecule has 0 bridgehead atoms. The van der Waals surface area contributed by atoms with Gasteiger partial charge in [0.1, 0.15) is 6.61 Å². The molecule has 0 radical (unpaired) electrons. The number of amides is 2. The molecule has 0 spiro atoms. The van der Waals surface area contributed by atoms with Crippen LogP contribution in [-0.2, 0) is 4.79 Å². The van der Waals surface area contributed by atoms with Crippen molar-refractivity contribution in [3.63, 3.8) is 0 Å². The number of methoxy groups -OCH3 is 1. The van der Waals surface area contributed by atoms with E-state index in [2.05, 4.69) is 28.5 Å². The predicted octanol–water partition coefficient (Wildman–Crippen LogP) is 3.76. The summed E-state index contributed by atoms with van der Waals surface area (Å²) in [5.74, 6) is 3.24. The van der Waals surface area contributed by atoms with E-state index < -0.39 is 0 Å². The highest BCUT2D eigenvalue weighted by atomic mass is 127. The molecule has 2 amide bonds. The van der Waals surface area contributed by atoms with Crippen LogP contribution in [0.3, 0.4) is 0 Å². The van der Waals surface area contributed by atoms with Gasteiger partial charge in [0.2, 0.25) is 0 Å². The summed E-state index contributed by atoms with van der Waals surface area (Å²) in [5.41, 5.74) is 0.756. The Morgan fingerprint density at radius 1 is 1.42 bits per heavy atom. The zero-order valence-electron chi connectivity index (χ0n) is 13.3. The number of halogens is 1. The van der Waals surface area contributed by atoms with Gasteiger partial charge in [0.25, 0.3) is 11.1 Å². The number of benzene rings is 1. The Balaban J connectivity index is 2.33. The van der Waals surface area contributed by atoms with E-state index in [0.29, 0.717) is 22.9 Å². The van der Waals surface area contributed by atoms with Crippen molar-refractivity contribution >= 4 is 51.6 Å². The molecule has 1 aliphatic heterocycles. The molecular formula is C17H16INO4S. The summed E-state index contributed by atoms with van der Waals surface area (Å²) < 4.78 is 11.6. The standard InChI is InChI=1S/C17H16INO4S/c1-4-6-19-16(20)14(24-17(19)21)10-11-8-12(18)15(23-7-5-2)13(9-11)22-3/h2,8-10H,4,6-7H2,1,3H3/b14-10+. The first-order valence-corrected chi connectivity index (χ1v) is 9.10. The molecule has 1 heterocycles. The van der Waals surface area contributed by atoms with Gasteiger partial charge in [-0.3, -0.25) is 14.5 Å². The second-order valence-corrected chi connectivity index (χ2v) is 7.02. The lowest BCUT2D eigenvalue weighted by Crippen LogP contribution is -2.28. The average molecular weight is 457 g/mol. The number of carbonyl (C=O) groups is 2. The van der Waals surface area contributed by atoms with Crippen LogP contribution in [-0.4, -0.2) is 36.3 Å². The number of hydrogen-bond acceptors (Lipinski definition) is 5.